The van der Waals surface area contributed by atoms with Crippen LogP contribution in [-0.2, 0) is 4.74 Å². The molecule has 2 bridgehead atoms. The Bertz CT molecular complexity index is 220. The summed E-state index contributed by atoms with van der Waals surface area (Å²) in [7, 11) is 0. The van der Waals surface area contributed by atoms with E-state index in [9.17, 15) is 0 Å². The highest BCUT2D eigenvalue weighted by molar-refractivity contribution is 5.14. The molecule has 0 aromatic rings. The molecule has 3 aliphatic rings. The van der Waals surface area contributed by atoms with Crippen LogP contribution < -0.4 is 0 Å². The molecule has 2 nitrogen and oxygen atoms in total. The second kappa shape index (κ2) is 1.38. The Morgan fingerprint density at radius 2 is 2.20 bits per heavy atom. The molecule has 2 saturated carbocycles. The lowest BCUT2D eigenvalue weighted by molar-refractivity contribution is 0.259. The van der Waals surface area contributed by atoms with Crippen molar-refractivity contribution in [3.8, 4) is 6.07 Å². The van der Waals surface area contributed by atoms with Crippen LogP contribution in [0.2, 0.25) is 0 Å². The van der Waals surface area contributed by atoms with E-state index >= 15 is 0 Å². The standard InChI is InChI=1S/C8H9NO/c9-3-5-1-4-2-6(5)8-7(4)10-8/h4-8H,1-2H2/t4-,5-,6-,7+,8+/m0/s1. The summed E-state index contributed by atoms with van der Waals surface area (Å²) in [6, 6.07) is 2.37. The van der Waals surface area contributed by atoms with Crippen molar-refractivity contribution in [3.63, 3.8) is 0 Å². The molecule has 2 heteroatoms. The molecule has 0 radical (unpaired) electrons. The van der Waals surface area contributed by atoms with Gasteiger partial charge in [0.1, 0.15) is 0 Å². The Morgan fingerprint density at radius 1 is 1.30 bits per heavy atom. The van der Waals surface area contributed by atoms with Gasteiger partial charge in [0.05, 0.1) is 24.2 Å². The molecule has 0 unspecified atom stereocenters. The summed E-state index contributed by atoms with van der Waals surface area (Å²) in [6.45, 7) is 0. The van der Waals surface area contributed by atoms with E-state index < -0.39 is 0 Å². The van der Waals surface area contributed by atoms with Gasteiger partial charge in [0.2, 0.25) is 0 Å². The zero-order valence-corrected chi connectivity index (χ0v) is 5.66. The topological polar surface area (TPSA) is 36.3 Å². The average Bonchev–Trinajstić information content (AvgIpc) is 2.58. The molecular weight excluding hydrogens is 126 g/mol. The van der Waals surface area contributed by atoms with E-state index in [1.54, 1.807) is 0 Å². The lowest BCUT2D eigenvalue weighted by Gasteiger charge is -2.09. The van der Waals surface area contributed by atoms with Crippen molar-refractivity contribution in [2.24, 2.45) is 17.8 Å². The van der Waals surface area contributed by atoms with Crippen LogP contribution in [0.25, 0.3) is 0 Å². The average molecular weight is 135 g/mol. The van der Waals surface area contributed by atoms with Gasteiger partial charge in [-0.25, -0.2) is 0 Å². The molecular formula is C8H9NO. The predicted octanol–water partition coefficient (Wildman–Crippen LogP) is 0.933. The predicted molar refractivity (Wildman–Crippen MR) is 34.0 cm³/mol. The van der Waals surface area contributed by atoms with E-state index in [-0.39, 0.29) is 0 Å². The Balaban J connectivity index is 1.93. The molecule has 1 heterocycles. The second-order valence-corrected chi connectivity index (χ2v) is 3.70. The highest BCUT2D eigenvalue weighted by Crippen LogP contribution is 2.58. The van der Waals surface area contributed by atoms with E-state index in [4.69, 9.17) is 10.00 Å². The van der Waals surface area contributed by atoms with Crippen molar-refractivity contribution in [2.75, 3.05) is 0 Å². The molecule has 52 valence electrons. The first-order valence-corrected chi connectivity index (χ1v) is 3.95. The fraction of sp³-hybridized carbons (Fsp3) is 0.875. The highest BCUT2D eigenvalue weighted by atomic mass is 16.6. The number of rotatable bonds is 0. The molecule has 3 fully saturated rings. The fourth-order valence-corrected chi connectivity index (χ4v) is 2.75. The van der Waals surface area contributed by atoms with Gasteiger partial charge in [-0.3, -0.25) is 0 Å². The third kappa shape index (κ3) is 0.411. The number of epoxide rings is 1. The van der Waals surface area contributed by atoms with E-state index in [0.29, 0.717) is 24.0 Å². The number of fused-ring (bicyclic) bond motifs is 5. The Morgan fingerprint density at radius 3 is 2.80 bits per heavy atom. The Kier molecular flexibility index (Phi) is 0.709. The first-order chi connectivity index (χ1) is 4.90. The number of ether oxygens (including phenoxy) is 1. The first-order valence-electron chi connectivity index (χ1n) is 3.95. The largest absolute Gasteiger partial charge is 0.369 e. The van der Waals surface area contributed by atoms with E-state index in [1.165, 1.54) is 6.42 Å². The SMILES string of the molecule is N#C[C@@H]1C[C@H]2C[C@@H]1[C@H]1O[C@H]21. The molecule has 0 aromatic carbocycles. The van der Waals surface area contributed by atoms with E-state index in [0.717, 1.165) is 12.3 Å². The van der Waals surface area contributed by atoms with Crippen LogP contribution in [0, 0.1) is 29.1 Å². The van der Waals surface area contributed by atoms with Crippen molar-refractivity contribution in [1.29, 1.82) is 5.26 Å². The number of nitrogens with zero attached hydrogens (tertiary/aromatic N) is 1. The molecule has 1 saturated heterocycles. The van der Waals surface area contributed by atoms with Gasteiger partial charge in [-0.15, -0.1) is 0 Å². The summed E-state index contributed by atoms with van der Waals surface area (Å²) in [5, 5.41) is 8.72. The Hall–Kier alpha value is -0.550. The van der Waals surface area contributed by atoms with Gasteiger partial charge >= 0.3 is 0 Å². The molecule has 0 N–H and O–H groups in total. The molecule has 0 spiro atoms. The molecule has 2 aliphatic carbocycles. The third-order valence-corrected chi connectivity index (χ3v) is 3.26. The minimum absolute atomic E-state index is 0.328. The van der Waals surface area contributed by atoms with Gasteiger partial charge in [0.15, 0.2) is 0 Å². The van der Waals surface area contributed by atoms with Crippen molar-refractivity contribution in [2.45, 2.75) is 25.0 Å². The summed E-state index contributed by atoms with van der Waals surface area (Å²) in [5.74, 6) is 1.69. The van der Waals surface area contributed by atoms with E-state index in [2.05, 4.69) is 6.07 Å². The zero-order valence-electron chi connectivity index (χ0n) is 5.66. The smallest absolute Gasteiger partial charge is 0.0885 e. The molecule has 1 aliphatic heterocycles. The summed E-state index contributed by atoms with van der Waals surface area (Å²) < 4.78 is 5.42. The van der Waals surface area contributed by atoms with Crippen LogP contribution in [0.15, 0.2) is 0 Å². The van der Waals surface area contributed by atoms with Crippen LogP contribution in [-0.4, -0.2) is 12.2 Å². The van der Waals surface area contributed by atoms with Crippen molar-refractivity contribution in [3.05, 3.63) is 0 Å². The first kappa shape index (κ1) is 5.15. The van der Waals surface area contributed by atoms with Crippen molar-refractivity contribution in [1.82, 2.24) is 0 Å². The summed E-state index contributed by atoms with van der Waals surface area (Å²) in [4.78, 5) is 0. The second-order valence-electron chi connectivity index (χ2n) is 3.70. The zero-order chi connectivity index (χ0) is 6.72. The molecule has 10 heavy (non-hydrogen) atoms. The van der Waals surface area contributed by atoms with Crippen molar-refractivity contribution >= 4 is 0 Å². The highest BCUT2D eigenvalue weighted by Gasteiger charge is 2.63. The number of hydrogen-bond donors (Lipinski definition) is 0. The lowest BCUT2D eigenvalue weighted by atomic mass is 9.90. The normalized spacial score (nSPS) is 61.7. The molecule has 3 rings (SSSR count). The molecule has 0 amide bonds. The third-order valence-electron chi connectivity index (χ3n) is 3.26. The lowest BCUT2D eigenvalue weighted by Crippen LogP contribution is -2.15. The summed E-state index contributed by atoms with van der Waals surface area (Å²) in [6.07, 6.45) is 3.47. The quantitative estimate of drug-likeness (QED) is 0.463. The fourth-order valence-electron chi connectivity index (χ4n) is 2.75. The summed E-state index contributed by atoms with van der Waals surface area (Å²) >= 11 is 0. The van der Waals surface area contributed by atoms with Crippen molar-refractivity contribution < 1.29 is 4.74 Å². The van der Waals surface area contributed by atoms with Gasteiger partial charge in [-0.1, -0.05) is 0 Å². The molecule has 5 atom stereocenters. The minimum Gasteiger partial charge on any atom is -0.369 e. The number of nitriles is 1. The van der Waals surface area contributed by atoms with Gasteiger partial charge in [0, 0.05) is 5.92 Å². The van der Waals surface area contributed by atoms with Crippen LogP contribution in [0.4, 0.5) is 0 Å². The van der Waals surface area contributed by atoms with E-state index in [1.807, 2.05) is 0 Å². The van der Waals surface area contributed by atoms with Gasteiger partial charge in [0.25, 0.3) is 0 Å². The van der Waals surface area contributed by atoms with Crippen LogP contribution in [0.1, 0.15) is 12.8 Å². The molecule has 0 aromatic heterocycles. The minimum atomic E-state index is 0.328. The monoisotopic (exact) mass is 135 g/mol. The number of hydrogen-bond acceptors (Lipinski definition) is 2. The van der Waals surface area contributed by atoms with Gasteiger partial charge in [-0.2, -0.15) is 5.26 Å². The van der Waals surface area contributed by atoms with Gasteiger partial charge < -0.3 is 4.74 Å². The summed E-state index contributed by atoms with van der Waals surface area (Å²) in [5.41, 5.74) is 0. The van der Waals surface area contributed by atoms with Crippen LogP contribution in [0.5, 0.6) is 0 Å². The maximum absolute atomic E-state index is 8.72. The van der Waals surface area contributed by atoms with Crippen LogP contribution in [0.3, 0.4) is 0 Å². The Labute approximate surface area is 59.8 Å². The maximum atomic E-state index is 8.72. The van der Waals surface area contributed by atoms with Gasteiger partial charge in [-0.05, 0) is 18.8 Å². The van der Waals surface area contributed by atoms with Crippen LogP contribution >= 0.6 is 0 Å². The maximum Gasteiger partial charge on any atom is 0.0885 e.